The summed E-state index contributed by atoms with van der Waals surface area (Å²) in [5.41, 5.74) is 0. The van der Waals surface area contributed by atoms with E-state index in [1.165, 1.54) is 0 Å². The van der Waals surface area contributed by atoms with Crippen LogP contribution in [0.4, 0.5) is 0 Å². The molecule has 0 saturated carbocycles. The van der Waals surface area contributed by atoms with Gasteiger partial charge in [0, 0.05) is 10.3 Å². The maximum Gasteiger partial charge on any atom is 0.127 e. The lowest BCUT2D eigenvalue weighted by atomic mass is 10.3. The minimum absolute atomic E-state index is 0.570. The van der Waals surface area contributed by atoms with Crippen LogP contribution in [0.15, 0.2) is 76.0 Å². The maximum absolute atomic E-state index is 12.1. The Hall–Kier alpha value is -2.07. The van der Waals surface area contributed by atoms with E-state index in [0.29, 0.717) is 18.7 Å². The van der Waals surface area contributed by atoms with Crippen LogP contribution in [0.1, 0.15) is 6.42 Å². The fourth-order valence-electron chi connectivity index (χ4n) is 1.69. The third kappa shape index (κ3) is 5.37. The Kier molecular flexibility index (Phi) is 6.71. The van der Waals surface area contributed by atoms with E-state index in [2.05, 4.69) is 22.4 Å². The van der Waals surface area contributed by atoms with Gasteiger partial charge in [-0.25, -0.2) is 9.20 Å². The van der Waals surface area contributed by atoms with Crippen molar-refractivity contribution in [2.24, 2.45) is 4.99 Å². The molecule has 2 rings (SSSR count). The molecular weight excluding hydrogens is 314 g/mol. The van der Waals surface area contributed by atoms with Crippen LogP contribution in [0, 0.1) is 0 Å². The van der Waals surface area contributed by atoms with Crippen LogP contribution in [0.2, 0.25) is 0 Å². The number of thiocarbonyl (C=S) groups is 1. The zero-order valence-electron chi connectivity index (χ0n) is 11.8. The first-order valence-electron chi connectivity index (χ1n) is 6.73. The summed E-state index contributed by atoms with van der Waals surface area (Å²) in [6, 6.07) is 16.8. The molecular formula is C17H15NO2S2. The Labute approximate surface area is 137 Å². The summed E-state index contributed by atoms with van der Waals surface area (Å²) in [6.07, 6.45) is 2.53. The maximum atomic E-state index is 12.1. The molecule has 0 fully saturated rings. The lowest BCUT2D eigenvalue weighted by molar-refractivity contribution is 0.482. The molecule has 3 nitrogen and oxygen atoms in total. The van der Waals surface area contributed by atoms with Crippen molar-refractivity contribution in [2.45, 2.75) is 11.3 Å². The molecule has 0 aliphatic heterocycles. The van der Waals surface area contributed by atoms with E-state index in [-0.39, 0.29) is 0 Å². The van der Waals surface area contributed by atoms with Gasteiger partial charge in [0.2, 0.25) is 0 Å². The van der Waals surface area contributed by atoms with Crippen molar-refractivity contribution in [2.75, 3.05) is 6.54 Å². The van der Waals surface area contributed by atoms with Gasteiger partial charge in [-0.1, -0.05) is 24.3 Å². The van der Waals surface area contributed by atoms with Crippen LogP contribution in [-0.2, 0) is 10.8 Å². The summed E-state index contributed by atoms with van der Waals surface area (Å²) in [7, 11) is -1.17. The predicted octanol–water partition coefficient (Wildman–Crippen LogP) is 4.59. The molecule has 22 heavy (non-hydrogen) atoms. The van der Waals surface area contributed by atoms with Gasteiger partial charge in [0.25, 0.3) is 0 Å². The number of hydrogen-bond acceptors (Lipinski definition) is 4. The van der Waals surface area contributed by atoms with Crippen molar-refractivity contribution in [1.82, 2.24) is 0 Å². The van der Waals surface area contributed by atoms with Crippen molar-refractivity contribution in [3.63, 3.8) is 0 Å². The van der Waals surface area contributed by atoms with Crippen LogP contribution in [0.5, 0.6) is 11.5 Å². The molecule has 1 unspecified atom stereocenters. The summed E-state index contributed by atoms with van der Waals surface area (Å²) in [4.78, 5) is 4.52. The number of benzene rings is 2. The summed E-state index contributed by atoms with van der Waals surface area (Å²) in [5, 5.41) is 3.96. The minimum Gasteiger partial charge on any atom is -0.457 e. The number of rotatable bonds is 7. The lowest BCUT2D eigenvalue weighted by Gasteiger charge is -2.05. The molecule has 0 aromatic heterocycles. The van der Waals surface area contributed by atoms with Crippen molar-refractivity contribution in [1.29, 1.82) is 0 Å². The van der Waals surface area contributed by atoms with E-state index >= 15 is 0 Å². The lowest BCUT2D eigenvalue weighted by Crippen LogP contribution is -1.88. The highest BCUT2D eigenvalue weighted by atomic mass is 32.2. The van der Waals surface area contributed by atoms with E-state index in [9.17, 15) is 4.21 Å². The highest BCUT2D eigenvalue weighted by molar-refractivity contribution is 7.88. The van der Waals surface area contributed by atoms with E-state index in [1.807, 2.05) is 48.5 Å². The van der Waals surface area contributed by atoms with Gasteiger partial charge in [0.15, 0.2) is 0 Å². The molecule has 0 spiro atoms. The summed E-state index contributed by atoms with van der Waals surface area (Å²) < 4.78 is 17.8. The third-order valence-corrected chi connectivity index (χ3v) is 4.03. The Balaban J connectivity index is 1.93. The number of hydrogen-bond donors (Lipinski definition) is 0. The highest BCUT2D eigenvalue weighted by Gasteiger charge is 2.01. The standard InChI is InChI=1S/C17H15NO2S2/c19-22(13-5-4-12-18-14-21)17-10-8-16(9-11-17)20-15-6-2-1-3-7-15/h1-3,5-11,13H,4,12H2/b13-5+. The molecule has 2 aromatic rings. The molecule has 0 aliphatic rings. The highest BCUT2D eigenvalue weighted by Crippen LogP contribution is 2.22. The normalized spacial score (nSPS) is 11.8. The van der Waals surface area contributed by atoms with E-state index in [0.717, 1.165) is 10.6 Å². The van der Waals surface area contributed by atoms with Gasteiger partial charge >= 0.3 is 0 Å². The van der Waals surface area contributed by atoms with Gasteiger partial charge in [-0.05, 0) is 55.0 Å². The smallest absolute Gasteiger partial charge is 0.127 e. The van der Waals surface area contributed by atoms with Gasteiger partial charge in [-0.3, -0.25) is 0 Å². The van der Waals surface area contributed by atoms with Gasteiger partial charge < -0.3 is 4.74 Å². The average molecular weight is 329 g/mol. The summed E-state index contributed by atoms with van der Waals surface area (Å²) >= 11 is 4.48. The van der Waals surface area contributed by atoms with Gasteiger partial charge in [0.1, 0.15) is 11.5 Å². The number of aliphatic imine (C=N–C) groups is 1. The fraction of sp³-hybridized carbons (Fsp3) is 0.118. The first kappa shape index (κ1) is 16.3. The monoisotopic (exact) mass is 329 g/mol. The first-order chi connectivity index (χ1) is 10.8. The molecule has 2 aromatic carbocycles. The van der Waals surface area contributed by atoms with Gasteiger partial charge in [0.05, 0.1) is 22.5 Å². The van der Waals surface area contributed by atoms with Gasteiger partial charge in [-0.2, -0.15) is 0 Å². The van der Waals surface area contributed by atoms with Gasteiger partial charge in [-0.15, -0.1) is 0 Å². The second-order valence-corrected chi connectivity index (χ2v) is 5.84. The predicted molar refractivity (Wildman–Crippen MR) is 93.0 cm³/mol. The largest absolute Gasteiger partial charge is 0.457 e. The SMILES string of the molecule is O=S(/C=C/CCN=C=S)c1ccc(Oc2ccccc2)cc1. The summed E-state index contributed by atoms with van der Waals surface area (Å²) in [5.74, 6) is 1.49. The van der Waals surface area contributed by atoms with E-state index in [1.54, 1.807) is 17.5 Å². The number of nitrogens with zero attached hydrogens (tertiary/aromatic N) is 1. The van der Waals surface area contributed by atoms with Crippen LogP contribution >= 0.6 is 12.2 Å². The topological polar surface area (TPSA) is 38.7 Å². The summed E-state index contributed by atoms with van der Waals surface area (Å²) in [6.45, 7) is 0.570. The van der Waals surface area contributed by atoms with Crippen LogP contribution in [0.25, 0.3) is 0 Å². The molecule has 0 amide bonds. The molecule has 5 heteroatoms. The van der Waals surface area contributed by atoms with Crippen molar-refractivity contribution < 1.29 is 8.95 Å². The zero-order valence-corrected chi connectivity index (χ0v) is 13.5. The minimum atomic E-state index is -1.17. The third-order valence-electron chi connectivity index (χ3n) is 2.73. The van der Waals surface area contributed by atoms with Crippen LogP contribution in [0.3, 0.4) is 0 Å². The first-order valence-corrected chi connectivity index (χ1v) is 8.35. The van der Waals surface area contributed by atoms with E-state index in [4.69, 9.17) is 4.74 Å². The fourth-order valence-corrected chi connectivity index (χ4v) is 2.65. The number of ether oxygens (including phenoxy) is 1. The van der Waals surface area contributed by atoms with E-state index < -0.39 is 10.8 Å². The Morgan fingerprint density at radius 2 is 1.77 bits per heavy atom. The molecule has 0 bridgehead atoms. The molecule has 1 atom stereocenters. The Bertz CT molecular complexity index is 690. The Morgan fingerprint density at radius 3 is 2.45 bits per heavy atom. The second-order valence-electron chi connectivity index (χ2n) is 4.32. The van der Waals surface area contributed by atoms with Crippen LogP contribution < -0.4 is 4.74 Å². The van der Waals surface area contributed by atoms with Crippen molar-refractivity contribution in [3.05, 3.63) is 66.1 Å². The molecule has 0 heterocycles. The van der Waals surface area contributed by atoms with Crippen LogP contribution in [-0.4, -0.2) is 15.9 Å². The molecule has 0 aliphatic carbocycles. The quantitative estimate of drug-likeness (QED) is 0.423. The molecule has 0 radical (unpaired) electrons. The molecule has 112 valence electrons. The zero-order chi connectivity index (χ0) is 15.6. The molecule has 0 N–H and O–H groups in total. The number of isothiocyanates is 1. The Morgan fingerprint density at radius 1 is 1.09 bits per heavy atom. The van der Waals surface area contributed by atoms with Crippen molar-refractivity contribution >= 4 is 28.2 Å². The average Bonchev–Trinajstić information content (AvgIpc) is 2.56. The second kappa shape index (κ2) is 9.05. The molecule has 0 saturated heterocycles. The number of para-hydroxylation sites is 1. The van der Waals surface area contributed by atoms with Crippen molar-refractivity contribution in [3.8, 4) is 11.5 Å².